The first kappa shape index (κ1) is 18.6. The summed E-state index contributed by atoms with van der Waals surface area (Å²) in [6, 6.07) is 14.9. The summed E-state index contributed by atoms with van der Waals surface area (Å²) in [5, 5.41) is 7.48. The molecule has 1 atom stereocenters. The zero-order valence-corrected chi connectivity index (χ0v) is 15.4. The summed E-state index contributed by atoms with van der Waals surface area (Å²) in [5.74, 6) is -0.576. The molecule has 6 heteroatoms. The van der Waals surface area contributed by atoms with E-state index in [-0.39, 0.29) is 18.9 Å². The number of amides is 1. The molecule has 0 spiro atoms. The van der Waals surface area contributed by atoms with Gasteiger partial charge in [-0.2, -0.15) is 0 Å². The van der Waals surface area contributed by atoms with Gasteiger partial charge in [-0.3, -0.25) is 9.59 Å². The molecule has 2 aromatic carbocycles. The number of ether oxygens (including phenoxy) is 1. The Hall–Kier alpha value is -3.15. The van der Waals surface area contributed by atoms with E-state index in [0.29, 0.717) is 17.2 Å². The molecule has 3 aromatic rings. The van der Waals surface area contributed by atoms with E-state index in [1.165, 1.54) is 0 Å². The van der Waals surface area contributed by atoms with Crippen molar-refractivity contribution in [3.8, 4) is 0 Å². The van der Waals surface area contributed by atoms with Gasteiger partial charge in [0.05, 0.1) is 6.42 Å². The van der Waals surface area contributed by atoms with Crippen molar-refractivity contribution in [1.82, 2.24) is 5.16 Å². The van der Waals surface area contributed by atoms with E-state index in [1.807, 2.05) is 42.5 Å². The number of carbonyl (C=O) groups is 2. The molecule has 0 bridgehead atoms. The van der Waals surface area contributed by atoms with Crippen molar-refractivity contribution in [3.05, 3.63) is 59.8 Å². The van der Waals surface area contributed by atoms with Crippen LogP contribution < -0.4 is 5.32 Å². The number of hydrogen-bond donors (Lipinski definition) is 1. The lowest BCUT2D eigenvalue weighted by atomic mass is 9.97. The van der Waals surface area contributed by atoms with Gasteiger partial charge in [-0.15, -0.1) is 0 Å². The maximum Gasteiger partial charge on any atom is 0.312 e. The monoisotopic (exact) mass is 366 g/mol. The Labute approximate surface area is 157 Å². The average molecular weight is 366 g/mol. The van der Waals surface area contributed by atoms with Crippen molar-refractivity contribution >= 4 is 28.5 Å². The molecule has 0 radical (unpaired) electrons. The molecule has 140 valence electrons. The van der Waals surface area contributed by atoms with E-state index in [1.54, 1.807) is 6.07 Å². The molecule has 0 aliphatic heterocycles. The fraction of sp³-hybridized carbons (Fsp3) is 0.286. The Morgan fingerprint density at radius 1 is 1.15 bits per heavy atom. The molecule has 0 saturated heterocycles. The molecule has 0 aliphatic carbocycles. The summed E-state index contributed by atoms with van der Waals surface area (Å²) in [5.41, 5.74) is 2.92. The Morgan fingerprint density at radius 2 is 1.89 bits per heavy atom. The number of rotatable bonds is 7. The quantitative estimate of drug-likeness (QED) is 0.638. The van der Waals surface area contributed by atoms with Gasteiger partial charge in [-0.25, -0.2) is 0 Å². The third kappa shape index (κ3) is 4.53. The number of fused-ring (bicyclic) bond motifs is 1. The van der Waals surface area contributed by atoms with Crippen LogP contribution in [0, 0.1) is 0 Å². The summed E-state index contributed by atoms with van der Waals surface area (Å²) >= 11 is 0. The Balaban J connectivity index is 1.56. The molecule has 1 amide bonds. The Kier molecular flexibility index (Phi) is 5.86. The second kappa shape index (κ2) is 8.49. The van der Waals surface area contributed by atoms with Gasteiger partial charge >= 0.3 is 5.97 Å². The van der Waals surface area contributed by atoms with Gasteiger partial charge in [0.15, 0.2) is 12.2 Å². The van der Waals surface area contributed by atoms with Gasteiger partial charge in [0.2, 0.25) is 0 Å². The van der Waals surface area contributed by atoms with Gasteiger partial charge < -0.3 is 14.6 Å². The topological polar surface area (TPSA) is 81.4 Å². The second-order valence-corrected chi connectivity index (χ2v) is 6.41. The van der Waals surface area contributed by atoms with E-state index >= 15 is 0 Å². The minimum absolute atomic E-state index is 0.0479. The van der Waals surface area contributed by atoms with Crippen LogP contribution >= 0.6 is 0 Å². The van der Waals surface area contributed by atoms with Crippen molar-refractivity contribution in [2.24, 2.45) is 0 Å². The summed E-state index contributed by atoms with van der Waals surface area (Å²) in [7, 11) is 0. The molecular weight excluding hydrogens is 344 g/mol. The van der Waals surface area contributed by atoms with Crippen LogP contribution in [-0.4, -0.2) is 23.6 Å². The zero-order valence-electron chi connectivity index (χ0n) is 15.4. The summed E-state index contributed by atoms with van der Waals surface area (Å²) in [6.45, 7) is 3.86. The minimum atomic E-state index is -0.528. The SMILES string of the molecule is CC[C@@H](C)c1ccccc1NC(=O)COC(=O)Cc1noc2ccccc12. The van der Waals surface area contributed by atoms with Crippen molar-refractivity contribution in [3.63, 3.8) is 0 Å². The van der Waals surface area contributed by atoms with Gasteiger partial charge in [-0.05, 0) is 36.1 Å². The molecule has 1 aromatic heterocycles. The Morgan fingerprint density at radius 3 is 2.70 bits per heavy atom. The van der Waals surface area contributed by atoms with Crippen LogP contribution in [0.3, 0.4) is 0 Å². The van der Waals surface area contributed by atoms with E-state index in [2.05, 4.69) is 24.3 Å². The van der Waals surface area contributed by atoms with E-state index < -0.39 is 5.97 Å². The average Bonchev–Trinajstić information content (AvgIpc) is 3.09. The number of hydrogen-bond acceptors (Lipinski definition) is 5. The van der Waals surface area contributed by atoms with Crippen LogP contribution in [0.4, 0.5) is 5.69 Å². The van der Waals surface area contributed by atoms with Gasteiger partial charge in [-0.1, -0.05) is 49.3 Å². The minimum Gasteiger partial charge on any atom is -0.455 e. The molecule has 0 fully saturated rings. The van der Waals surface area contributed by atoms with Crippen molar-refractivity contribution < 1.29 is 18.8 Å². The molecule has 0 unspecified atom stereocenters. The van der Waals surface area contributed by atoms with E-state index in [4.69, 9.17) is 9.26 Å². The maximum absolute atomic E-state index is 12.2. The van der Waals surface area contributed by atoms with Crippen molar-refractivity contribution in [2.45, 2.75) is 32.6 Å². The summed E-state index contributed by atoms with van der Waals surface area (Å²) in [6.07, 6.45) is 0.918. The van der Waals surface area contributed by atoms with E-state index in [9.17, 15) is 9.59 Å². The predicted molar refractivity (Wildman–Crippen MR) is 102 cm³/mol. The first-order valence-corrected chi connectivity index (χ1v) is 8.96. The predicted octanol–water partition coefficient (Wildman–Crippen LogP) is 4.07. The van der Waals surface area contributed by atoms with Crippen LogP contribution in [0.1, 0.15) is 37.4 Å². The first-order valence-electron chi connectivity index (χ1n) is 8.96. The molecule has 27 heavy (non-hydrogen) atoms. The number of esters is 1. The summed E-state index contributed by atoms with van der Waals surface area (Å²) in [4.78, 5) is 24.2. The molecule has 3 rings (SSSR count). The third-order valence-electron chi connectivity index (χ3n) is 4.51. The number of aromatic nitrogens is 1. The fourth-order valence-corrected chi connectivity index (χ4v) is 2.85. The highest BCUT2D eigenvalue weighted by Gasteiger charge is 2.15. The van der Waals surface area contributed by atoms with Gasteiger partial charge in [0, 0.05) is 11.1 Å². The molecule has 1 heterocycles. The summed E-state index contributed by atoms with van der Waals surface area (Å²) < 4.78 is 10.3. The lowest BCUT2D eigenvalue weighted by Gasteiger charge is -2.15. The molecule has 0 aliphatic rings. The smallest absolute Gasteiger partial charge is 0.312 e. The van der Waals surface area contributed by atoms with E-state index in [0.717, 1.165) is 23.1 Å². The second-order valence-electron chi connectivity index (χ2n) is 6.41. The first-order chi connectivity index (χ1) is 13.1. The zero-order chi connectivity index (χ0) is 19.2. The number of carbonyl (C=O) groups excluding carboxylic acids is 2. The highest BCUT2D eigenvalue weighted by molar-refractivity contribution is 5.94. The molecule has 6 nitrogen and oxygen atoms in total. The van der Waals surface area contributed by atoms with Crippen molar-refractivity contribution in [1.29, 1.82) is 0 Å². The fourth-order valence-electron chi connectivity index (χ4n) is 2.85. The van der Waals surface area contributed by atoms with Crippen LogP contribution in [-0.2, 0) is 20.7 Å². The third-order valence-corrected chi connectivity index (χ3v) is 4.51. The number of benzene rings is 2. The van der Waals surface area contributed by atoms with Crippen LogP contribution in [0.2, 0.25) is 0 Å². The highest BCUT2D eigenvalue weighted by Crippen LogP contribution is 2.26. The number of para-hydroxylation sites is 2. The highest BCUT2D eigenvalue weighted by atomic mass is 16.5. The normalized spacial score (nSPS) is 11.9. The lowest BCUT2D eigenvalue weighted by molar-refractivity contribution is -0.146. The molecular formula is C21H22N2O4. The van der Waals surface area contributed by atoms with Gasteiger partial charge in [0.25, 0.3) is 5.91 Å². The molecule has 0 saturated carbocycles. The van der Waals surface area contributed by atoms with Gasteiger partial charge in [0.1, 0.15) is 5.69 Å². The van der Waals surface area contributed by atoms with Crippen LogP contribution in [0.5, 0.6) is 0 Å². The lowest BCUT2D eigenvalue weighted by Crippen LogP contribution is -2.22. The van der Waals surface area contributed by atoms with Crippen LogP contribution in [0.25, 0.3) is 11.0 Å². The number of nitrogens with zero attached hydrogens (tertiary/aromatic N) is 1. The number of anilines is 1. The number of nitrogens with one attached hydrogen (secondary N) is 1. The molecule has 1 N–H and O–H groups in total. The standard InChI is InChI=1S/C21H22N2O4/c1-3-14(2)15-8-4-6-10-17(15)22-20(24)13-26-21(25)12-18-16-9-5-7-11-19(16)27-23-18/h4-11,14H,3,12-13H2,1-2H3,(H,22,24)/t14-/m1/s1. The van der Waals surface area contributed by atoms with Crippen molar-refractivity contribution in [2.75, 3.05) is 11.9 Å². The Bertz CT molecular complexity index is 948. The maximum atomic E-state index is 12.2. The largest absolute Gasteiger partial charge is 0.455 e. The van der Waals surface area contributed by atoms with Crippen LogP contribution in [0.15, 0.2) is 53.1 Å².